The van der Waals surface area contributed by atoms with Gasteiger partial charge in [-0.25, -0.2) is 0 Å². The van der Waals surface area contributed by atoms with Crippen molar-refractivity contribution >= 4 is 14.0 Å². The van der Waals surface area contributed by atoms with Crippen molar-refractivity contribution in [2.24, 2.45) is 0 Å². The van der Waals surface area contributed by atoms with E-state index in [0.717, 1.165) is 0 Å². The first kappa shape index (κ1) is 9.60. The van der Waals surface area contributed by atoms with Gasteiger partial charge in [0.25, 0.3) is 0 Å². The van der Waals surface area contributed by atoms with E-state index in [9.17, 15) is 0 Å². The number of hydrogen-bond donors (Lipinski definition) is 0. The minimum atomic E-state index is 0.242. The highest BCUT2D eigenvalue weighted by atomic mass is 31.1. The Labute approximate surface area is 93.1 Å². The van der Waals surface area contributed by atoms with Crippen LogP contribution >= 0.6 is 7.92 Å². The Bertz CT molecular complexity index is 386. The van der Waals surface area contributed by atoms with E-state index in [-0.39, 0.29) is 7.92 Å². The van der Waals surface area contributed by atoms with Crippen LogP contribution in [0, 0.1) is 0 Å². The molecule has 0 radical (unpaired) electrons. The molecule has 1 aromatic rings. The van der Waals surface area contributed by atoms with Crippen LogP contribution in [0.1, 0.15) is 30.4 Å². The number of hydrogen-bond acceptors (Lipinski definition) is 0. The van der Waals surface area contributed by atoms with Gasteiger partial charge in [-0.3, -0.25) is 0 Å². The van der Waals surface area contributed by atoms with E-state index >= 15 is 0 Å². The van der Waals surface area contributed by atoms with Crippen molar-refractivity contribution in [3.05, 3.63) is 40.7 Å². The van der Waals surface area contributed by atoms with E-state index in [1.807, 2.05) is 0 Å². The largest absolute Gasteiger partial charge is 0.0794 e. The van der Waals surface area contributed by atoms with Gasteiger partial charge in [0.1, 0.15) is 0 Å². The highest BCUT2D eigenvalue weighted by Gasteiger charge is 2.21. The molecule has 0 saturated carbocycles. The normalized spacial score (nSPS) is 21.2. The molecule has 0 spiro atoms. The van der Waals surface area contributed by atoms with Crippen LogP contribution in [-0.4, -0.2) is 12.3 Å². The smallest absolute Gasteiger partial charge is 0.00152 e. The summed E-state index contributed by atoms with van der Waals surface area (Å²) in [4.78, 5) is 0. The maximum absolute atomic E-state index is 2.48. The van der Waals surface area contributed by atoms with Crippen LogP contribution in [0.15, 0.2) is 29.6 Å². The first-order chi connectivity index (χ1) is 7.43. The molecule has 0 amide bonds. The SMILES string of the molecule is C1=C(P2CCCCC2)Cc2ccccc21. The zero-order valence-electron chi connectivity index (χ0n) is 9.08. The molecule has 15 heavy (non-hydrogen) atoms. The molecule has 0 N–H and O–H groups in total. The van der Waals surface area contributed by atoms with E-state index in [1.54, 1.807) is 10.9 Å². The van der Waals surface area contributed by atoms with Crippen LogP contribution in [-0.2, 0) is 6.42 Å². The van der Waals surface area contributed by atoms with E-state index in [1.165, 1.54) is 43.6 Å². The fraction of sp³-hybridized carbons (Fsp3) is 0.429. The number of fused-ring (bicyclic) bond motifs is 1. The summed E-state index contributed by atoms with van der Waals surface area (Å²) in [5.74, 6) is 0. The molecule has 0 atom stereocenters. The lowest BCUT2D eigenvalue weighted by atomic mass is 10.1. The molecule has 0 aromatic heterocycles. The fourth-order valence-corrected chi connectivity index (χ4v) is 5.37. The van der Waals surface area contributed by atoms with Gasteiger partial charge in [0.15, 0.2) is 0 Å². The molecule has 78 valence electrons. The van der Waals surface area contributed by atoms with Gasteiger partial charge in [-0.15, -0.1) is 0 Å². The fourth-order valence-electron chi connectivity index (χ4n) is 2.65. The maximum atomic E-state index is 2.48. The summed E-state index contributed by atoms with van der Waals surface area (Å²) in [5, 5.41) is 1.77. The molecule has 1 heterocycles. The quantitative estimate of drug-likeness (QED) is 0.615. The summed E-state index contributed by atoms with van der Waals surface area (Å²) in [7, 11) is 0.242. The molecule has 1 fully saturated rings. The Morgan fingerprint density at radius 2 is 1.73 bits per heavy atom. The van der Waals surface area contributed by atoms with Crippen molar-refractivity contribution in [3.63, 3.8) is 0 Å². The summed E-state index contributed by atoms with van der Waals surface area (Å²) < 4.78 is 0. The second-order valence-corrected chi connectivity index (χ2v) is 7.11. The van der Waals surface area contributed by atoms with E-state index < -0.39 is 0 Å². The Hall–Kier alpha value is -0.610. The van der Waals surface area contributed by atoms with Crippen molar-refractivity contribution in [3.8, 4) is 0 Å². The average Bonchev–Trinajstić information content (AvgIpc) is 2.74. The predicted molar refractivity (Wildman–Crippen MR) is 68.6 cm³/mol. The van der Waals surface area contributed by atoms with Crippen LogP contribution < -0.4 is 0 Å². The van der Waals surface area contributed by atoms with Gasteiger partial charge >= 0.3 is 0 Å². The van der Waals surface area contributed by atoms with Crippen molar-refractivity contribution in [1.29, 1.82) is 0 Å². The van der Waals surface area contributed by atoms with Gasteiger partial charge in [0, 0.05) is 0 Å². The van der Waals surface area contributed by atoms with Gasteiger partial charge in [-0.1, -0.05) is 44.7 Å². The monoisotopic (exact) mass is 216 g/mol. The third-order valence-corrected chi connectivity index (χ3v) is 6.32. The minimum Gasteiger partial charge on any atom is -0.0794 e. The number of allylic oxidation sites excluding steroid dienone is 1. The molecule has 1 heteroatoms. The van der Waals surface area contributed by atoms with Gasteiger partial charge < -0.3 is 0 Å². The van der Waals surface area contributed by atoms with Crippen LogP contribution in [0.25, 0.3) is 6.08 Å². The van der Waals surface area contributed by atoms with E-state index in [4.69, 9.17) is 0 Å². The lowest BCUT2D eigenvalue weighted by Gasteiger charge is -2.23. The van der Waals surface area contributed by atoms with E-state index in [2.05, 4.69) is 30.3 Å². The van der Waals surface area contributed by atoms with Gasteiger partial charge in [0.2, 0.25) is 0 Å². The molecule has 1 saturated heterocycles. The Morgan fingerprint density at radius 1 is 0.933 bits per heavy atom. The van der Waals surface area contributed by atoms with Crippen molar-refractivity contribution in [2.45, 2.75) is 25.7 Å². The Kier molecular flexibility index (Phi) is 2.63. The predicted octanol–water partition coefficient (Wildman–Crippen LogP) is 4.25. The van der Waals surface area contributed by atoms with Crippen LogP contribution in [0.5, 0.6) is 0 Å². The van der Waals surface area contributed by atoms with Crippen molar-refractivity contribution in [1.82, 2.24) is 0 Å². The minimum absolute atomic E-state index is 0.242. The Morgan fingerprint density at radius 3 is 2.53 bits per heavy atom. The molecule has 0 nitrogen and oxygen atoms in total. The second kappa shape index (κ2) is 4.10. The average molecular weight is 216 g/mol. The first-order valence-corrected chi connectivity index (χ1v) is 7.68. The first-order valence-electron chi connectivity index (χ1n) is 5.97. The number of rotatable bonds is 1. The van der Waals surface area contributed by atoms with Crippen molar-refractivity contribution < 1.29 is 0 Å². The zero-order chi connectivity index (χ0) is 10.1. The third kappa shape index (κ3) is 1.88. The van der Waals surface area contributed by atoms with Crippen LogP contribution in [0.3, 0.4) is 0 Å². The summed E-state index contributed by atoms with van der Waals surface area (Å²) in [5.41, 5.74) is 3.04. The molecule has 0 bridgehead atoms. The van der Waals surface area contributed by atoms with E-state index in [0.29, 0.717) is 0 Å². The molecule has 1 aliphatic carbocycles. The van der Waals surface area contributed by atoms with Gasteiger partial charge in [-0.2, -0.15) is 0 Å². The highest BCUT2D eigenvalue weighted by Crippen LogP contribution is 2.53. The summed E-state index contributed by atoms with van der Waals surface area (Å²) >= 11 is 0. The summed E-state index contributed by atoms with van der Waals surface area (Å²) in [6, 6.07) is 8.88. The topological polar surface area (TPSA) is 0 Å². The standard InChI is InChI=1S/C14H17P/c1-4-8-15(9-5-1)14-10-12-6-2-3-7-13(12)11-14/h2-3,6-7,10H,1,4-5,8-9,11H2. The summed E-state index contributed by atoms with van der Waals surface area (Å²) in [6.45, 7) is 0. The summed E-state index contributed by atoms with van der Waals surface area (Å²) in [6.07, 6.45) is 11.1. The molecule has 2 aliphatic rings. The number of benzene rings is 1. The molecule has 3 rings (SSSR count). The van der Waals surface area contributed by atoms with Crippen LogP contribution in [0.2, 0.25) is 0 Å². The second-order valence-electron chi connectivity index (χ2n) is 4.56. The Balaban J connectivity index is 1.81. The van der Waals surface area contributed by atoms with Gasteiger partial charge in [0.05, 0.1) is 0 Å². The lowest BCUT2D eigenvalue weighted by molar-refractivity contribution is 0.753. The maximum Gasteiger partial charge on any atom is -0.00152 e. The molecular weight excluding hydrogens is 199 g/mol. The highest BCUT2D eigenvalue weighted by molar-refractivity contribution is 7.62. The third-order valence-electron chi connectivity index (χ3n) is 3.51. The lowest BCUT2D eigenvalue weighted by Crippen LogP contribution is -2.00. The van der Waals surface area contributed by atoms with Crippen LogP contribution in [0.4, 0.5) is 0 Å². The molecule has 0 unspecified atom stereocenters. The van der Waals surface area contributed by atoms with Gasteiger partial charge in [-0.05, 0) is 48.0 Å². The molecular formula is C14H17P. The molecule has 1 aromatic carbocycles. The zero-order valence-corrected chi connectivity index (χ0v) is 9.97. The molecule has 1 aliphatic heterocycles. The van der Waals surface area contributed by atoms with Crippen molar-refractivity contribution in [2.75, 3.05) is 12.3 Å².